The third-order valence-electron chi connectivity index (χ3n) is 4.08. The van der Waals surface area contributed by atoms with Crippen LogP contribution in [0.4, 0.5) is 5.69 Å². The number of aromatic nitrogens is 1. The summed E-state index contributed by atoms with van der Waals surface area (Å²) in [7, 11) is 1.50. The molecule has 1 N–H and O–H groups in total. The Hall–Kier alpha value is -2.50. The molecule has 1 heterocycles. The first-order valence-electron chi connectivity index (χ1n) is 7.79. The summed E-state index contributed by atoms with van der Waals surface area (Å²) in [5.41, 5.74) is 2.24. The zero-order valence-electron chi connectivity index (χ0n) is 14.4. The maximum atomic E-state index is 12.9. The lowest BCUT2D eigenvalue weighted by Crippen LogP contribution is -2.13. The third kappa shape index (κ3) is 3.28. The number of nitrogens with one attached hydrogen (secondary N) is 1. The van der Waals surface area contributed by atoms with Crippen molar-refractivity contribution in [2.24, 2.45) is 0 Å². The molecule has 0 aliphatic rings. The van der Waals surface area contributed by atoms with Gasteiger partial charge in [0.15, 0.2) is 0 Å². The Morgan fingerprint density at radius 2 is 1.88 bits per heavy atom. The van der Waals surface area contributed by atoms with Gasteiger partial charge in [-0.15, -0.1) is 0 Å². The van der Waals surface area contributed by atoms with E-state index in [9.17, 15) is 9.59 Å². The average Bonchev–Trinajstić information content (AvgIpc) is 2.96. The average molecular weight is 391 g/mol. The zero-order valence-corrected chi connectivity index (χ0v) is 15.9. The summed E-state index contributed by atoms with van der Waals surface area (Å²) in [6, 6.07) is 8.43. The van der Waals surface area contributed by atoms with Crippen molar-refractivity contribution in [2.45, 2.75) is 13.8 Å². The number of hydrogen-bond donors (Lipinski definition) is 1. The largest absolute Gasteiger partial charge is 0.495 e. The van der Waals surface area contributed by atoms with Crippen LogP contribution in [0.15, 0.2) is 36.5 Å². The van der Waals surface area contributed by atoms with Crippen molar-refractivity contribution in [2.75, 3.05) is 12.4 Å². The number of rotatable bonds is 3. The highest BCUT2D eigenvalue weighted by molar-refractivity contribution is 6.32. The molecule has 0 atom stereocenters. The molecule has 0 bridgehead atoms. The second-order valence-electron chi connectivity index (χ2n) is 5.85. The standard InChI is InChI=1S/C19H16Cl2N2O3/c1-10-6-16(18(26-3)8-15(10)21)22-19(25)14-9-23(11(2)24)17-7-12(20)4-5-13(14)17/h4-9H,1-3H3,(H,22,25). The van der Waals surface area contributed by atoms with Crippen LogP contribution in [-0.2, 0) is 0 Å². The second kappa shape index (κ2) is 7.02. The molecule has 7 heteroatoms. The van der Waals surface area contributed by atoms with E-state index < -0.39 is 0 Å². The number of carbonyl (C=O) groups is 2. The first-order chi connectivity index (χ1) is 12.3. The molecule has 0 unspecified atom stereocenters. The summed E-state index contributed by atoms with van der Waals surface area (Å²) in [5, 5.41) is 4.49. The summed E-state index contributed by atoms with van der Waals surface area (Å²) in [5.74, 6) is -0.124. The van der Waals surface area contributed by atoms with Gasteiger partial charge in [-0.3, -0.25) is 14.2 Å². The number of nitrogens with zero attached hydrogens (tertiary/aromatic N) is 1. The second-order valence-corrected chi connectivity index (χ2v) is 6.69. The first-order valence-corrected chi connectivity index (χ1v) is 8.54. The highest BCUT2D eigenvalue weighted by Crippen LogP contribution is 2.32. The zero-order chi connectivity index (χ0) is 19.0. The third-order valence-corrected chi connectivity index (χ3v) is 4.72. The van der Waals surface area contributed by atoms with Gasteiger partial charge in [-0.1, -0.05) is 29.3 Å². The molecule has 0 fully saturated rings. The molecule has 1 amide bonds. The number of benzene rings is 2. The Balaban J connectivity index is 2.07. The monoisotopic (exact) mass is 390 g/mol. The van der Waals surface area contributed by atoms with Crippen LogP contribution in [-0.4, -0.2) is 23.5 Å². The normalized spacial score (nSPS) is 10.8. The number of ether oxygens (including phenoxy) is 1. The number of anilines is 1. The van der Waals surface area contributed by atoms with Gasteiger partial charge >= 0.3 is 0 Å². The lowest BCUT2D eigenvalue weighted by molar-refractivity contribution is 0.0941. The Labute approximate surface area is 160 Å². The van der Waals surface area contributed by atoms with E-state index in [1.165, 1.54) is 24.8 Å². The van der Waals surface area contributed by atoms with E-state index >= 15 is 0 Å². The van der Waals surface area contributed by atoms with Crippen molar-refractivity contribution >= 4 is 51.6 Å². The van der Waals surface area contributed by atoms with Crippen LogP contribution < -0.4 is 10.1 Å². The minimum Gasteiger partial charge on any atom is -0.495 e. The number of hydrogen-bond acceptors (Lipinski definition) is 3. The fourth-order valence-corrected chi connectivity index (χ4v) is 3.08. The van der Waals surface area contributed by atoms with E-state index in [2.05, 4.69) is 5.32 Å². The fourth-order valence-electron chi connectivity index (χ4n) is 2.76. The molecule has 3 aromatic rings. The lowest BCUT2D eigenvalue weighted by Gasteiger charge is -2.12. The minimum atomic E-state index is -0.364. The molecule has 0 aliphatic heterocycles. The molecule has 0 saturated carbocycles. The van der Waals surface area contributed by atoms with Gasteiger partial charge in [0.1, 0.15) is 5.75 Å². The Morgan fingerprint density at radius 1 is 1.15 bits per heavy atom. The molecule has 3 rings (SSSR count). The van der Waals surface area contributed by atoms with Crippen LogP contribution in [0.5, 0.6) is 5.75 Å². The van der Waals surface area contributed by atoms with Crippen LogP contribution in [0.3, 0.4) is 0 Å². The number of fused-ring (bicyclic) bond motifs is 1. The van der Waals surface area contributed by atoms with Crippen LogP contribution >= 0.6 is 23.2 Å². The van der Waals surface area contributed by atoms with Gasteiger partial charge in [0.25, 0.3) is 5.91 Å². The molecule has 0 spiro atoms. The maximum Gasteiger partial charge on any atom is 0.257 e. The molecule has 1 aromatic heterocycles. The lowest BCUT2D eigenvalue weighted by atomic mass is 10.1. The van der Waals surface area contributed by atoms with Crippen LogP contribution in [0.25, 0.3) is 10.9 Å². The number of amides is 1. The van der Waals surface area contributed by atoms with Crippen molar-refractivity contribution in [3.05, 3.63) is 57.7 Å². The molecule has 0 saturated heterocycles. The molecule has 134 valence electrons. The Bertz CT molecular complexity index is 1040. The van der Waals surface area contributed by atoms with Gasteiger partial charge in [-0.05, 0) is 30.7 Å². The summed E-state index contributed by atoms with van der Waals surface area (Å²) < 4.78 is 6.69. The van der Waals surface area contributed by atoms with Gasteiger partial charge in [0.05, 0.1) is 23.9 Å². The van der Waals surface area contributed by atoms with E-state index in [1.54, 1.807) is 30.3 Å². The summed E-state index contributed by atoms with van der Waals surface area (Å²) in [4.78, 5) is 24.8. The van der Waals surface area contributed by atoms with Gasteiger partial charge in [-0.2, -0.15) is 0 Å². The van der Waals surface area contributed by atoms with Crippen LogP contribution in [0.2, 0.25) is 10.0 Å². The van der Waals surface area contributed by atoms with E-state index in [4.69, 9.17) is 27.9 Å². The number of halogens is 2. The molecule has 5 nitrogen and oxygen atoms in total. The molecule has 2 aromatic carbocycles. The van der Waals surface area contributed by atoms with Crippen LogP contribution in [0, 0.1) is 6.92 Å². The van der Waals surface area contributed by atoms with Gasteiger partial charge in [0, 0.05) is 34.6 Å². The quantitative estimate of drug-likeness (QED) is 0.670. The van der Waals surface area contributed by atoms with Crippen molar-refractivity contribution < 1.29 is 14.3 Å². The predicted molar refractivity (Wildman–Crippen MR) is 104 cm³/mol. The highest BCUT2D eigenvalue weighted by atomic mass is 35.5. The summed E-state index contributed by atoms with van der Waals surface area (Å²) in [6.07, 6.45) is 1.51. The van der Waals surface area contributed by atoms with Crippen molar-refractivity contribution in [1.82, 2.24) is 4.57 Å². The summed E-state index contributed by atoms with van der Waals surface area (Å²) >= 11 is 12.1. The summed E-state index contributed by atoms with van der Waals surface area (Å²) in [6.45, 7) is 3.26. The highest BCUT2D eigenvalue weighted by Gasteiger charge is 2.19. The van der Waals surface area contributed by atoms with E-state index in [1.807, 2.05) is 6.92 Å². The van der Waals surface area contributed by atoms with E-state index in [0.717, 1.165) is 5.56 Å². The maximum absolute atomic E-state index is 12.9. The fraction of sp³-hybridized carbons (Fsp3) is 0.158. The smallest absolute Gasteiger partial charge is 0.257 e. The van der Waals surface area contributed by atoms with Crippen LogP contribution in [0.1, 0.15) is 27.6 Å². The van der Waals surface area contributed by atoms with E-state index in [-0.39, 0.29) is 11.8 Å². The van der Waals surface area contributed by atoms with Crippen molar-refractivity contribution in [1.29, 1.82) is 0 Å². The van der Waals surface area contributed by atoms with Gasteiger partial charge in [0.2, 0.25) is 5.91 Å². The van der Waals surface area contributed by atoms with Gasteiger partial charge in [-0.25, -0.2) is 0 Å². The Morgan fingerprint density at radius 3 is 2.54 bits per heavy atom. The van der Waals surface area contributed by atoms with E-state index in [0.29, 0.717) is 37.9 Å². The molecular weight excluding hydrogens is 375 g/mol. The number of aryl methyl sites for hydroxylation is 1. The molecule has 26 heavy (non-hydrogen) atoms. The number of carbonyl (C=O) groups excluding carboxylic acids is 2. The van der Waals surface area contributed by atoms with Crippen molar-refractivity contribution in [3.8, 4) is 5.75 Å². The number of methoxy groups -OCH3 is 1. The SMILES string of the molecule is COc1cc(Cl)c(C)cc1NC(=O)c1cn(C(C)=O)c2cc(Cl)ccc12. The topological polar surface area (TPSA) is 60.3 Å². The molecule has 0 radical (unpaired) electrons. The predicted octanol–water partition coefficient (Wildman–Crippen LogP) is 5.18. The molecular formula is C19H16Cl2N2O3. The minimum absolute atomic E-state index is 0.212. The van der Waals surface area contributed by atoms with Gasteiger partial charge < -0.3 is 10.1 Å². The molecule has 0 aliphatic carbocycles. The van der Waals surface area contributed by atoms with Crippen molar-refractivity contribution in [3.63, 3.8) is 0 Å². The first kappa shape index (κ1) is 18.3. The Kier molecular flexibility index (Phi) is 4.94.